The van der Waals surface area contributed by atoms with Gasteiger partial charge in [0.2, 0.25) is 0 Å². The van der Waals surface area contributed by atoms with Crippen molar-refractivity contribution in [3.8, 4) is 0 Å². The quantitative estimate of drug-likeness (QED) is 0.395. The second kappa shape index (κ2) is 5.89. The first-order valence-corrected chi connectivity index (χ1v) is 8.19. The summed E-state index contributed by atoms with van der Waals surface area (Å²) in [7, 11) is 0. The van der Waals surface area contributed by atoms with Gasteiger partial charge in [-0.2, -0.15) is 0 Å². The highest BCUT2D eigenvalue weighted by Crippen LogP contribution is 2.44. The Bertz CT molecular complexity index is 1000. The number of nitro groups is 1. The summed E-state index contributed by atoms with van der Waals surface area (Å²) >= 11 is 5.33. The van der Waals surface area contributed by atoms with Crippen LogP contribution in [-0.2, 0) is 0 Å². The SMILES string of the molecule is O=[N+]([O-])[C@H]1C(=S)N(c2cccc3ccccc23)[C@H]1c1ccccc1F. The fourth-order valence-electron chi connectivity index (χ4n) is 3.39. The Hall–Kier alpha value is -2.86. The van der Waals surface area contributed by atoms with Gasteiger partial charge in [0.25, 0.3) is 6.04 Å². The molecule has 0 spiro atoms. The maximum absolute atomic E-state index is 14.3. The van der Waals surface area contributed by atoms with Crippen LogP contribution in [0.25, 0.3) is 10.8 Å². The topological polar surface area (TPSA) is 46.4 Å². The Labute approximate surface area is 148 Å². The second-order valence-electron chi connectivity index (χ2n) is 5.90. The molecule has 4 nitrogen and oxygen atoms in total. The van der Waals surface area contributed by atoms with Gasteiger partial charge in [0.15, 0.2) is 4.99 Å². The zero-order valence-corrected chi connectivity index (χ0v) is 13.8. The molecule has 1 saturated heterocycles. The largest absolute Gasteiger partial charge is 0.315 e. The van der Waals surface area contributed by atoms with E-state index in [0.29, 0.717) is 0 Å². The lowest BCUT2D eigenvalue weighted by Crippen LogP contribution is -2.61. The average molecular weight is 352 g/mol. The molecule has 0 aliphatic carbocycles. The Morgan fingerprint density at radius 2 is 1.68 bits per heavy atom. The van der Waals surface area contributed by atoms with Crippen LogP contribution in [0.3, 0.4) is 0 Å². The molecule has 1 heterocycles. The smallest absolute Gasteiger partial charge is 0.287 e. The van der Waals surface area contributed by atoms with Gasteiger partial charge in [0.05, 0.1) is 5.69 Å². The van der Waals surface area contributed by atoms with Crippen molar-refractivity contribution < 1.29 is 9.31 Å². The first-order valence-electron chi connectivity index (χ1n) is 7.78. The fourth-order valence-corrected chi connectivity index (χ4v) is 3.82. The summed E-state index contributed by atoms with van der Waals surface area (Å²) in [6, 6.07) is 17.7. The van der Waals surface area contributed by atoms with Crippen LogP contribution >= 0.6 is 12.2 Å². The van der Waals surface area contributed by atoms with Gasteiger partial charge in [-0.05, 0) is 17.5 Å². The summed E-state index contributed by atoms with van der Waals surface area (Å²) in [6.07, 6.45) is 0. The van der Waals surface area contributed by atoms with Crippen molar-refractivity contribution in [3.05, 3.63) is 88.2 Å². The van der Waals surface area contributed by atoms with Crippen LogP contribution in [0.2, 0.25) is 0 Å². The molecule has 0 radical (unpaired) electrons. The second-order valence-corrected chi connectivity index (χ2v) is 6.32. The van der Waals surface area contributed by atoms with Crippen LogP contribution in [0, 0.1) is 15.9 Å². The van der Waals surface area contributed by atoms with E-state index in [-0.39, 0.29) is 10.6 Å². The van der Waals surface area contributed by atoms with Crippen molar-refractivity contribution in [3.63, 3.8) is 0 Å². The monoisotopic (exact) mass is 352 g/mol. The summed E-state index contributed by atoms with van der Waals surface area (Å²) in [4.78, 5) is 13.0. The van der Waals surface area contributed by atoms with Crippen LogP contribution in [0.4, 0.5) is 10.1 Å². The first-order chi connectivity index (χ1) is 12.1. The molecule has 1 fully saturated rings. The van der Waals surface area contributed by atoms with Gasteiger partial charge in [-0.15, -0.1) is 0 Å². The minimum absolute atomic E-state index is 0.203. The number of anilines is 1. The van der Waals surface area contributed by atoms with E-state index < -0.39 is 22.8 Å². The zero-order chi connectivity index (χ0) is 17.6. The van der Waals surface area contributed by atoms with Gasteiger partial charge in [0.1, 0.15) is 11.9 Å². The number of rotatable bonds is 3. The van der Waals surface area contributed by atoms with E-state index in [0.717, 1.165) is 16.5 Å². The van der Waals surface area contributed by atoms with Crippen LogP contribution < -0.4 is 4.90 Å². The molecule has 1 aliphatic rings. The third-order valence-electron chi connectivity index (χ3n) is 4.54. The number of halogens is 1. The molecule has 0 amide bonds. The number of thiocarbonyl (C=S) groups is 1. The number of hydrogen-bond donors (Lipinski definition) is 0. The van der Waals surface area contributed by atoms with E-state index >= 15 is 0 Å². The van der Waals surface area contributed by atoms with Crippen LogP contribution in [-0.4, -0.2) is 16.0 Å². The van der Waals surface area contributed by atoms with Crippen LogP contribution in [0.5, 0.6) is 0 Å². The predicted octanol–water partition coefficient (Wildman–Crippen LogP) is 4.51. The van der Waals surface area contributed by atoms with Crippen molar-refractivity contribution in [2.75, 3.05) is 4.90 Å². The zero-order valence-electron chi connectivity index (χ0n) is 13.0. The van der Waals surface area contributed by atoms with Gasteiger partial charge in [-0.25, -0.2) is 4.39 Å². The van der Waals surface area contributed by atoms with Crippen molar-refractivity contribution in [1.82, 2.24) is 0 Å². The van der Waals surface area contributed by atoms with Gasteiger partial charge < -0.3 is 4.90 Å². The van der Waals surface area contributed by atoms with Crippen LogP contribution in [0.1, 0.15) is 11.6 Å². The molecule has 25 heavy (non-hydrogen) atoms. The Morgan fingerprint density at radius 1 is 1.00 bits per heavy atom. The van der Waals surface area contributed by atoms with Gasteiger partial charge in [-0.3, -0.25) is 10.1 Å². The normalized spacial score (nSPS) is 19.7. The van der Waals surface area contributed by atoms with Gasteiger partial charge >= 0.3 is 0 Å². The van der Waals surface area contributed by atoms with Crippen LogP contribution in [0.15, 0.2) is 66.7 Å². The van der Waals surface area contributed by atoms with Crippen molar-refractivity contribution >= 4 is 33.7 Å². The molecule has 0 unspecified atom stereocenters. The molecule has 0 bridgehead atoms. The number of benzene rings is 3. The molecule has 0 aromatic heterocycles. The number of nitrogens with zero attached hydrogens (tertiary/aromatic N) is 2. The highest BCUT2D eigenvalue weighted by molar-refractivity contribution is 7.80. The maximum atomic E-state index is 14.3. The Balaban J connectivity index is 1.89. The molecule has 0 saturated carbocycles. The molecular weight excluding hydrogens is 339 g/mol. The van der Waals surface area contributed by atoms with E-state index in [1.807, 2.05) is 42.5 Å². The Morgan fingerprint density at radius 3 is 2.44 bits per heavy atom. The third kappa shape index (κ3) is 2.37. The summed E-state index contributed by atoms with van der Waals surface area (Å²) in [5, 5.41) is 13.4. The predicted molar refractivity (Wildman–Crippen MR) is 98.9 cm³/mol. The lowest BCUT2D eigenvalue weighted by molar-refractivity contribution is -0.512. The molecule has 0 N–H and O–H groups in total. The minimum Gasteiger partial charge on any atom is -0.315 e. The summed E-state index contributed by atoms with van der Waals surface area (Å²) in [5.74, 6) is -0.466. The molecule has 2 atom stereocenters. The lowest BCUT2D eigenvalue weighted by Gasteiger charge is -2.45. The fraction of sp³-hybridized carbons (Fsp3) is 0.105. The van der Waals surface area contributed by atoms with E-state index in [9.17, 15) is 14.5 Å². The van der Waals surface area contributed by atoms with Crippen molar-refractivity contribution in [2.45, 2.75) is 12.1 Å². The molecule has 3 aromatic rings. The van der Waals surface area contributed by atoms with Crippen molar-refractivity contribution in [2.24, 2.45) is 0 Å². The molecule has 124 valence electrons. The Kier molecular flexibility index (Phi) is 3.69. The molecule has 3 aromatic carbocycles. The third-order valence-corrected chi connectivity index (χ3v) is 4.98. The highest BCUT2D eigenvalue weighted by Gasteiger charge is 2.55. The standard InChI is InChI=1S/C19H13FN2O2S/c20-15-10-4-3-9-14(15)17-18(22(23)24)19(25)21(17)16-11-5-7-12-6-1-2-8-13(12)16/h1-11,17-18H/t17-,18+/m0/s1. The van der Waals surface area contributed by atoms with E-state index in [2.05, 4.69) is 0 Å². The summed E-state index contributed by atoms with van der Waals surface area (Å²) in [5.41, 5.74) is 1.04. The van der Waals surface area contributed by atoms with E-state index in [1.54, 1.807) is 23.1 Å². The number of hydrogen-bond acceptors (Lipinski definition) is 3. The van der Waals surface area contributed by atoms with Gasteiger partial charge in [-0.1, -0.05) is 66.8 Å². The molecule has 6 heteroatoms. The molecular formula is C19H13FN2O2S. The van der Waals surface area contributed by atoms with E-state index in [1.165, 1.54) is 6.07 Å². The minimum atomic E-state index is -1.11. The van der Waals surface area contributed by atoms with Crippen molar-refractivity contribution in [1.29, 1.82) is 0 Å². The molecule has 1 aliphatic heterocycles. The highest BCUT2D eigenvalue weighted by atomic mass is 32.1. The van der Waals surface area contributed by atoms with Gasteiger partial charge in [0, 0.05) is 15.9 Å². The lowest BCUT2D eigenvalue weighted by atomic mass is 9.87. The number of fused-ring (bicyclic) bond motifs is 1. The maximum Gasteiger partial charge on any atom is 0.287 e. The molecule has 4 rings (SSSR count). The van der Waals surface area contributed by atoms with E-state index in [4.69, 9.17) is 12.2 Å². The average Bonchev–Trinajstić information content (AvgIpc) is 2.60. The summed E-state index contributed by atoms with van der Waals surface area (Å²) in [6.45, 7) is 0. The first kappa shape index (κ1) is 15.7. The summed E-state index contributed by atoms with van der Waals surface area (Å²) < 4.78 is 14.3.